The number of hydrogen-bond donors (Lipinski definition) is 1. The largest absolute Gasteiger partial charge is 0.361 e. The highest BCUT2D eigenvalue weighted by molar-refractivity contribution is 5.04. The average molecular weight is 138 g/mol. The summed E-state index contributed by atoms with van der Waals surface area (Å²) >= 11 is 0. The molecule has 1 aliphatic heterocycles. The molecule has 0 aromatic carbocycles. The highest BCUT2D eigenvalue weighted by atomic mass is 16.5. The number of aromatic nitrogens is 1. The van der Waals surface area contributed by atoms with Gasteiger partial charge in [-0.3, -0.25) is 0 Å². The first-order valence-electron chi connectivity index (χ1n) is 3.58. The molecule has 54 valence electrons. The zero-order valence-electron chi connectivity index (χ0n) is 5.71. The van der Waals surface area contributed by atoms with E-state index in [0.717, 1.165) is 18.8 Å². The molecule has 2 heterocycles. The van der Waals surface area contributed by atoms with Crippen LogP contribution in [0.5, 0.6) is 0 Å². The lowest BCUT2D eigenvalue weighted by Gasteiger charge is -1.99. The Morgan fingerprint density at radius 1 is 1.70 bits per heavy atom. The van der Waals surface area contributed by atoms with Crippen molar-refractivity contribution in [3.05, 3.63) is 18.0 Å². The first kappa shape index (κ1) is 5.92. The van der Waals surface area contributed by atoms with Crippen molar-refractivity contribution in [1.29, 1.82) is 0 Å². The van der Waals surface area contributed by atoms with Gasteiger partial charge in [-0.1, -0.05) is 5.16 Å². The molecule has 1 saturated heterocycles. The lowest BCUT2D eigenvalue weighted by molar-refractivity contribution is 0.365. The third kappa shape index (κ3) is 0.926. The van der Waals surface area contributed by atoms with Crippen LogP contribution in [0, 0.1) is 0 Å². The molecule has 2 rings (SSSR count). The Kier molecular flexibility index (Phi) is 1.43. The van der Waals surface area contributed by atoms with Crippen LogP contribution < -0.4 is 5.32 Å². The van der Waals surface area contributed by atoms with Gasteiger partial charge >= 0.3 is 0 Å². The van der Waals surface area contributed by atoms with E-state index in [0.29, 0.717) is 5.92 Å². The molecule has 1 atom stereocenters. The van der Waals surface area contributed by atoms with E-state index in [4.69, 9.17) is 4.52 Å². The number of rotatable bonds is 1. The zero-order chi connectivity index (χ0) is 6.81. The maximum atomic E-state index is 5.03. The number of nitrogens with zero attached hydrogens (tertiary/aromatic N) is 1. The minimum atomic E-state index is 0.558. The third-order valence-electron chi connectivity index (χ3n) is 1.92. The maximum Gasteiger partial charge on any atom is 0.141 e. The topological polar surface area (TPSA) is 38.1 Å². The lowest BCUT2D eigenvalue weighted by atomic mass is 10.1. The molecule has 3 heteroatoms. The van der Waals surface area contributed by atoms with E-state index in [2.05, 4.69) is 10.5 Å². The predicted octanol–water partition coefficient (Wildman–Crippen LogP) is 0.751. The van der Waals surface area contributed by atoms with Gasteiger partial charge in [-0.05, 0) is 13.0 Å². The van der Waals surface area contributed by atoms with E-state index >= 15 is 0 Å². The molecule has 0 spiro atoms. The highest BCUT2D eigenvalue weighted by Crippen LogP contribution is 2.20. The summed E-state index contributed by atoms with van der Waals surface area (Å²) in [5, 5.41) is 6.94. The summed E-state index contributed by atoms with van der Waals surface area (Å²) in [6, 6.07) is 1.94. The Morgan fingerprint density at radius 2 is 2.70 bits per heavy atom. The summed E-state index contributed by atoms with van der Waals surface area (Å²) in [6.07, 6.45) is 2.88. The summed E-state index contributed by atoms with van der Waals surface area (Å²) < 4.78 is 5.03. The van der Waals surface area contributed by atoms with Gasteiger partial charge in [0.1, 0.15) is 5.76 Å². The minimum absolute atomic E-state index is 0.558. The van der Waals surface area contributed by atoms with Crippen LogP contribution in [0.4, 0.5) is 0 Å². The van der Waals surface area contributed by atoms with Crippen LogP contribution in [-0.4, -0.2) is 18.2 Å². The van der Waals surface area contributed by atoms with E-state index in [1.165, 1.54) is 6.42 Å². The van der Waals surface area contributed by atoms with E-state index < -0.39 is 0 Å². The van der Waals surface area contributed by atoms with Crippen LogP contribution in [0.25, 0.3) is 0 Å². The van der Waals surface area contributed by atoms with Crippen LogP contribution in [0.3, 0.4) is 0 Å². The van der Waals surface area contributed by atoms with Crippen molar-refractivity contribution in [1.82, 2.24) is 10.5 Å². The van der Waals surface area contributed by atoms with Crippen molar-refractivity contribution < 1.29 is 4.52 Å². The predicted molar refractivity (Wildman–Crippen MR) is 36.7 cm³/mol. The third-order valence-corrected chi connectivity index (χ3v) is 1.92. The Labute approximate surface area is 59.4 Å². The SMILES string of the molecule is c1cc([C@@H]2CCNC2)on1. The second-order valence-corrected chi connectivity index (χ2v) is 2.60. The molecule has 3 nitrogen and oxygen atoms in total. The van der Waals surface area contributed by atoms with Gasteiger partial charge in [-0.15, -0.1) is 0 Å². The molecule has 0 unspecified atom stereocenters. The lowest BCUT2D eigenvalue weighted by Crippen LogP contribution is -2.07. The van der Waals surface area contributed by atoms with Crippen LogP contribution >= 0.6 is 0 Å². The Morgan fingerprint density at radius 3 is 3.30 bits per heavy atom. The van der Waals surface area contributed by atoms with Crippen molar-refractivity contribution in [3.63, 3.8) is 0 Å². The van der Waals surface area contributed by atoms with E-state index in [1.54, 1.807) is 6.20 Å². The van der Waals surface area contributed by atoms with Gasteiger partial charge in [0.15, 0.2) is 0 Å². The molecular formula is C7H10N2O. The molecule has 1 N–H and O–H groups in total. The highest BCUT2D eigenvalue weighted by Gasteiger charge is 2.18. The van der Waals surface area contributed by atoms with Crippen LogP contribution in [0.15, 0.2) is 16.8 Å². The summed E-state index contributed by atoms with van der Waals surface area (Å²) in [5.41, 5.74) is 0. The molecule has 0 bridgehead atoms. The zero-order valence-corrected chi connectivity index (χ0v) is 5.71. The van der Waals surface area contributed by atoms with Crippen molar-refractivity contribution in [2.45, 2.75) is 12.3 Å². The fourth-order valence-corrected chi connectivity index (χ4v) is 1.33. The smallest absolute Gasteiger partial charge is 0.141 e. The Hall–Kier alpha value is -0.830. The van der Waals surface area contributed by atoms with Gasteiger partial charge in [0, 0.05) is 18.5 Å². The molecular weight excluding hydrogens is 128 g/mol. The van der Waals surface area contributed by atoms with E-state index in [1.807, 2.05) is 6.07 Å². The Balaban J connectivity index is 2.12. The minimum Gasteiger partial charge on any atom is -0.361 e. The van der Waals surface area contributed by atoms with Crippen LogP contribution in [-0.2, 0) is 0 Å². The van der Waals surface area contributed by atoms with E-state index in [9.17, 15) is 0 Å². The molecule has 1 fully saturated rings. The fourth-order valence-electron chi connectivity index (χ4n) is 1.33. The normalized spacial score (nSPS) is 25.4. The van der Waals surface area contributed by atoms with E-state index in [-0.39, 0.29) is 0 Å². The van der Waals surface area contributed by atoms with Gasteiger partial charge in [-0.2, -0.15) is 0 Å². The summed E-state index contributed by atoms with van der Waals surface area (Å²) in [5.74, 6) is 1.58. The summed E-state index contributed by atoms with van der Waals surface area (Å²) in [6.45, 7) is 2.14. The maximum absolute atomic E-state index is 5.03. The average Bonchev–Trinajstić information content (AvgIpc) is 2.59. The van der Waals surface area contributed by atoms with Crippen molar-refractivity contribution in [2.24, 2.45) is 0 Å². The number of nitrogens with one attached hydrogen (secondary N) is 1. The van der Waals surface area contributed by atoms with Crippen molar-refractivity contribution in [3.8, 4) is 0 Å². The molecule has 10 heavy (non-hydrogen) atoms. The number of hydrogen-bond acceptors (Lipinski definition) is 3. The first-order valence-corrected chi connectivity index (χ1v) is 3.58. The molecule has 1 aromatic rings. The molecule has 1 aromatic heterocycles. The van der Waals surface area contributed by atoms with Gasteiger partial charge < -0.3 is 9.84 Å². The standard InChI is InChI=1S/C7H10N2O/c1-3-8-5-6(1)7-2-4-9-10-7/h2,4,6,8H,1,3,5H2/t6-/m1/s1. The summed E-state index contributed by atoms with van der Waals surface area (Å²) in [7, 11) is 0. The van der Waals surface area contributed by atoms with Gasteiger partial charge in [0.05, 0.1) is 6.20 Å². The molecule has 0 radical (unpaired) electrons. The van der Waals surface area contributed by atoms with Crippen molar-refractivity contribution >= 4 is 0 Å². The molecule has 0 saturated carbocycles. The first-order chi connectivity index (χ1) is 4.97. The van der Waals surface area contributed by atoms with Gasteiger partial charge in [-0.25, -0.2) is 0 Å². The quantitative estimate of drug-likeness (QED) is 0.622. The second-order valence-electron chi connectivity index (χ2n) is 2.60. The molecule has 0 amide bonds. The van der Waals surface area contributed by atoms with Gasteiger partial charge in [0.2, 0.25) is 0 Å². The van der Waals surface area contributed by atoms with Crippen LogP contribution in [0.1, 0.15) is 18.1 Å². The van der Waals surface area contributed by atoms with Crippen molar-refractivity contribution in [2.75, 3.05) is 13.1 Å². The second kappa shape index (κ2) is 2.42. The van der Waals surface area contributed by atoms with Crippen LogP contribution in [0.2, 0.25) is 0 Å². The monoisotopic (exact) mass is 138 g/mol. The fraction of sp³-hybridized carbons (Fsp3) is 0.571. The Bertz CT molecular complexity index is 189. The summed E-state index contributed by atoms with van der Waals surface area (Å²) in [4.78, 5) is 0. The molecule has 1 aliphatic rings. The van der Waals surface area contributed by atoms with Gasteiger partial charge in [0.25, 0.3) is 0 Å². The molecule has 0 aliphatic carbocycles.